The van der Waals surface area contributed by atoms with Crippen molar-refractivity contribution < 1.29 is 37.6 Å². The Hall–Kier alpha value is -5.02. The molecule has 0 aromatic heterocycles. The Balaban J connectivity index is 0.000000366. The Labute approximate surface area is 317 Å². The van der Waals surface area contributed by atoms with Gasteiger partial charge in [0.15, 0.2) is 0 Å². The molecular weight excluding hydrogens is 737 g/mol. The van der Waals surface area contributed by atoms with Crippen LogP contribution in [0.4, 0.5) is 35.4 Å². The zero-order chi connectivity index (χ0) is 37.2. The van der Waals surface area contributed by atoms with Gasteiger partial charge in [-0.1, -0.05) is 38.1 Å². The molecule has 2 atom stereocenters. The number of piperidine rings is 2. The van der Waals surface area contributed by atoms with Crippen molar-refractivity contribution in [3.05, 3.63) is 92.5 Å². The highest BCUT2D eigenvalue weighted by atomic mass is 35.5. The van der Waals surface area contributed by atoms with Crippen molar-refractivity contribution in [2.75, 3.05) is 50.9 Å². The van der Waals surface area contributed by atoms with Gasteiger partial charge in [0.25, 0.3) is 5.69 Å². The second-order valence-electron chi connectivity index (χ2n) is 12.1. The summed E-state index contributed by atoms with van der Waals surface area (Å²) in [6.45, 7) is 1.59. The predicted molar refractivity (Wildman–Crippen MR) is 200 cm³/mol. The van der Waals surface area contributed by atoms with E-state index in [1.54, 1.807) is 25.1 Å². The van der Waals surface area contributed by atoms with Crippen LogP contribution in [-0.4, -0.2) is 83.8 Å². The van der Waals surface area contributed by atoms with Crippen LogP contribution in [0.1, 0.15) is 40.5 Å². The molecule has 5 amide bonds. The van der Waals surface area contributed by atoms with Crippen molar-refractivity contribution in [1.29, 1.82) is 0 Å². The third-order valence-corrected chi connectivity index (χ3v) is 8.74. The molecule has 0 radical (unpaired) electrons. The Morgan fingerprint density at radius 1 is 0.792 bits per heavy atom. The first-order valence-corrected chi connectivity index (χ1v) is 16.7. The number of non-ortho nitro benzene ring substituents is 1. The van der Waals surface area contributed by atoms with Gasteiger partial charge in [0.1, 0.15) is 17.4 Å². The van der Waals surface area contributed by atoms with Crippen LogP contribution in [-0.2, 0) is 9.59 Å². The van der Waals surface area contributed by atoms with Gasteiger partial charge in [0.2, 0.25) is 11.8 Å². The number of hydrogen-bond acceptors (Lipinski definition) is 7. The topological polar surface area (TPSA) is 154 Å². The fraction of sp³-hybridized carbons (Fsp3) is 0.389. The number of ether oxygens (including phenoxy) is 1. The number of nitro benzene ring substituents is 1. The Morgan fingerprint density at radius 2 is 1.25 bits per heavy atom. The van der Waals surface area contributed by atoms with E-state index in [0.29, 0.717) is 44.6 Å². The highest BCUT2D eigenvalue weighted by Gasteiger charge is 2.31. The Morgan fingerprint density at radius 3 is 1.68 bits per heavy atom. The molecule has 17 heteroatoms. The molecule has 2 saturated heterocycles. The summed E-state index contributed by atoms with van der Waals surface area (Å²) in [7, 11) is 3.37. The largest absolute Gasteiger partial charge is 0.415 e. The minimum atomic E-state index is -0.645. The van der Waals surface area contributed by atoms with E-state index in [1.165, 1.54) is 58.3 Å². The van der Waals surface area contributed by atoms with Crippen LogP contribution in [0.15, 0.2) is 60.7 Å². The third-order valence-electron chi connectivity index (χ3n) is 8.12. The normalized spacial score (nSPS) is 16.3. The van der Waals surface area contributed by atoms with E-state index in [-0.39, 0.29) is 72.3 Å². The molecule has 5 rings (SSSR count). The van der Waals surface area contributed by atoms with Gasteiger partial charge in [-0.05, 0) is 74.2 Å². The Bertz CT molecular complexity index is 1770. The number of carbonyl (C=O) groups excluding carboxylic acids is 4. The molecule has 2 aliphatic heterocycles. The maximum Gasteiger partial charge on any atom is 0.415 e. The lowest BCUT2D eigenvalue weighted by atomic mass is 9.97. The number of amides is 5. The van der Waals surface area contributed by atoms with E-state index < -0.39 is 28.6 Å². The highest BCUT2D eigenvalue weighted by Crippen LogP contribution is 2.25. The molecule has 2 heterocycles. The number of likely N-dealkylation sites (tertiary alicyclic amines) is 2. The predicted octanol–water partition coefficient (Wildman–Crippen LogP) is 8.32. The summed E-state index contributed by atoms with van der Waals surface area (Å²) in [4.78, 5) is 63.8. The van der Waals surface area contributed by atoms with Crippen LogP contribution in [0, 0.1) is 33.6 Å². The van der Waals surface area contributed by atoms with Crippen LogP contribution < -0.4 is 15.4 Å². The summed E-state index contributed by atoms with van der Waals surface area (Å²) in [5.41, 5.74) is 0.531. The van der Waals surface area contributed by atoms with Crippen molar-refractivity contribution in [2.45, 2.75) is 40.5 Å². The van der Waals surface area contributed by atoms with Gasteiger partial charge in [0, 0.05) is 63.8 Å². The number of nitro groups is 1. The fourth-order valence-corrected chi connectivity index (χ4v) is 5.68. The lowest BCUT2D eigenvalue weighted by Gasteiger charge is -2.33. The zero-order valence-electron chi connectivity index (χ0n) is 27.7. The molecule has 0 spiro atoms. The molecule has 0 saturated carbocycles. The summed E-state index contributed by atoms with van der Waals surface area (Å²) in [6.07, 6.45) is 2.01. The van der Waals surface area contributed by atoms with Crippen molar-refractivity contribution in [3.63, 3.8) is 0 Å². The molecule has 3 aromatic rings. The lowest BCUT2D eigenvalue weighted by molar-refractivity contribution is -0.384. The van der Waals surface area contributed by atoms with Gasteiger partial charge in [-0.15, -0.1) is 0 Å². The first kappa shape index (κ1) is 44.1. The average molecular weight is 782 g/mol. The summed E-state index contributed by atoms with van der Waals surface area (Å²) < 4.78 is 32.1. The van der Waals surface area contributed by atoms with Crippen molar-refractivity contribution in [1.82, 2.24) is 14.7 Å². The Kier molecular flexibility index (Phi) is 16.9. The van der Waals surface area contributed by atoms with Crippen molar-refractivity contribution >= 4 is 64.2 Å². The zero-order valence-corrected chi connectivity index (χ0v) is 29.3. The SMILES string of the molecule is C.C.CN(C)C(=O)N1CCC[C@H](C(=O)Nc2ccc(Cl)c(F)c2)C1.O=C(Nc1ccc(Cl)c(F)c1)[C@H]1CCCN(C(=O)Oc2ccc([N+](=O)[O-])cc2)C1. The van der Waals surface area contributed by atoms with E-state index >= 15 is 0 Å². The highest BCUT2D eigenvalue weighted by molar-refractivity contribution is 6.31. The van der Waals surface area contributed by atoms with Gasteiger partial charge in [-0.2, -0.15) is 0 Å². The number of benzene rings is 3. The summed E-state index contributed by atoms with van der Waals surface area (Å²) in [5.74, 6) is -2.36. The lowest BCUT2D eigenvalue weighted by Crippen LogP contribution is -2.47. The number of nitrogens with zero attached hydrogens (tertiary/aromatic N) is 4. The van der Waals surface area contributed by atoms with E-state index in [1.807, 2.05) is 0 Å². The van der Waals surface area contributed by atoms with Gasteiger partial charge < -0.3 is 30.1 Å². The van der Waals surface area contributed by atoms with E-state index in [9.17, 15) is 38.1 Å². The smallest absolute Gasteiger partial charge is 0.410 e. The van der Waals surface area contributed by atoms with Gasteiger partial charge in [0.05, 0.1) is 26.8 Å². The third kappa shape index (κ3) is 12.6. The number of hydrogen-bond donors (Lipinski definition) is 2. The molecule has 53 heavy (non-hydrogen) atoms. The summed E-state index contributed by atoms with van der Waals surface area (Å²) >= 11 is 11.2. The van der Waals surface area contributed by atoms with Crippen molar-refractivity contribution in [2.24, 2.45) is 11.8 Å². The number of rotatable bonds is 6. The second kappa shape index (κ2) is 20.3. The quantitative estimate of drug-likeness (QED) is 0.188. The summed E-state index contributed by atoms with van der Waals surface area (Å²) in [6, 6.07) is 13.1. The molecule has 288 valence electrons. The van der Waals surface area contributed by atoms with E-state index in [4.69, 9.17) is 27.9 Å². The first-order valence-electron chi connectivity index (χ1n) is 15.9. The number of halogens is 4. The van der Waals surface area contributed by atoms with Gasteiger partial charge >= 0.3 is 12.1 Å². The maximum absolute atomic E-state index is 13.5. The fourth-order valence-electron chi connectivity index (χ4n) is 5.44. The monoisotopic (exact) mass is 780 g/mol. The number of urea groups is 1. The molecule has 0 aliphatic carbocycles. The number of carbonyl (C=O) groups is 4. The molecule has 0 bridgehead atoms. The molecule has 2 aliphatic rings. The summed E-state index contributed by atoms with van der Waals surface area (Å²) in [5, 5.41) is 15.9. The van der Waals surface area contributed by atoms with E-state index in [2.05, 4.69) is 10.6 Å². The minimum absolute atomic E-state index is 0. The number of anilines is 2. The van der Waals surface area contributed by atoms with Crippen LogP contribution in [0.2, 0.25) is 10.0 Å². The van der Waals surface area contributed by atoms with Crippen LogP contribution in [0.5, 0.6) is 5.75 Å². The van der Waals surface area contributed by atoms with Gasteiger partial charge in [-0.25, -0.2) is 18.4 Å². The van der Waals surface area contributed by atoms with Crippen LogP contribution >= 0.6 is 23.2 Å². The molecular formula is C36H44Cl2F2N6O7. The van der Waals surface area contributed by atoms with Crippen LogP contribution in [0.25, 0.3) is 0 Å². The maximum atomic E-state index is 13.5. The molecule has 3 aromatic carbocycles. The molecule has 2 fully saturated rings. The number of nitrogens with one attached hydrogen (secondary N) is 2. The molecule has 2 N–H and O–H groups in total. The molecule has 0 unspecified atom stereocenters. The van der Waals surface area contributed by atoms with Crippen LogP contribution in [0.3, 0.4) is 0 Å². The second-order valence-corrected chi connectivity index (χ2v) is 12.9. The van der Waals surface area contributed by atoms with Gasteiger partial charge in [-0.3, -0.25) is 19.7 Å². The molecule has 13 nitrogen and oxygen atoms in total. The average Bonchev–Trinajstić information content (AvgIpc) is 3.11. The standard InChI is InChI=1S/C19H17ClFN3O5.C15H19ClFN3O2.2CH4/c20-16-8-3-13(10-17(16)21)22-18(25)12-2-1-9-23(11-12)19(26)29-15-6-4-14(5-7-15)24(27)28;1-19(2)15(22)20-7-3-4-10(9-20)14(21)18-11-5-6-12(16)13(17)8-11;;/h3-8,10,12H,1-2,9,11H2,(H,22,25);5-6,8,10H,3-4,7,9H2,1-2H3,(H,18,21);2*1H4/t12-;10-;;/m00../s1. The van der Waals surface area contributed by atoms with Crippen molar-refractivity contribution in [3.8, 4) is 5.75 Å². The van der Waals surface area contributed by atoms with E-state index in [0.717, 1.165) is 12.5 Å². The first-order chi connectivity index (χ1) is 24.2. The minimum Gasteiger partial charge on any atom is -0.410 e.